The standard InChI is InChI=1S/C16H20N4/c1-2-7-20-12-18-10-15(20)11-19-8-6-13-4-3-5-14(9-17)16(13)19/h3-6,8,10,12H,2,7,9,11,17H2,1H3. The predicted octanol–water partition coefficient (Wildman–Crippen LogP) is 2.75. The fraction of sp³-hybridized carbons (Fsp3) is 0.312. The molecule has 2 heterocycles. The lowest BCUT2D eigenvalue weighted by molar-refractivity contribution is 0.628. The second-order valence-corrected chi connectivity index (χ2v) is 5.08. The van der Waals surface area contributed by atoms with Crippen molar-refractivity contribution in [3.63, 3.8) is 0 Å². The first-order chi connectivity index (χ1) is 9.83. The van der Waals surface area contributed by atoms with Crippen molar-refractivity contribution in [1.29, 1.82) is 0 Å². The summed E-state index contributed by atoms with van der Waals surface area (Å²) in [5.41, 5.74) is 9.52. The van der Waals surface area contributed by atoms with Crippen molar-refractivity contribution in [2.45, 2.75) is 33.0 Å². The van der Waals surface area contributed by atoms with Crippen molar-refractivity contribution in [3.05, 3.63) is 54.2 Å². The monoisotopic (exact) mass is 268 g/mol. The van der Waals surface area contributed by atoms with E-state index in [0.29, 0.717) is 6.54 Å². The van der Waals surface area contributed by atoms with E-state index in [2.05, 4.69) is 51.5 Å². The van der Waals surface area contributed by atoms with Crippen LogP contribution in [-0.4, -0.2) is 14.1 Å². The van der Waals surface area contributed by atoms with E-state index in [9.17, 15) is 0 Å². The Morgan fingerprint density at radius 3 is 2.90 bits per heavy atom. The Labute approximate surface area is 118 Å². The summed E-state index contributed by atoms with van der Waals surface area (Å²) in [7, 11) is 0. The SMILES string of the molecule is CCCn1cncc1Cn1ccc2cccc(CN)c21. The maximum Gasteiger partial charge on any atom is 0.0948 e. The zero-order valence-electron chi connectivity index (χ0n) is 11.8. The van der Waals surface area contributed by atoms with Gasteiger partial charge in [-0.25, -0.2) is 4.98 Å². The molecule has 4 nitrogen and oxygen atoms in total. The quantitative estimate of drug-likeness (QED) is 0.773. The summed E-state index contributed by atoms with van der Waals surface area (Å²) in [6.07, 6.45) is 7.11. The third-order valence-corrected chi connectivity index (χ3v) is 3.69. The Bertz CT molecular complexity index is 708. The van der Waals surface area contributed by atoms with Gasteiger partial charge < -0.3 is 14.9 Å². The molecule has 0 aliphatic carbocycles. The van der Waals surface area contributed by atoms with Crippen LogP contribution in [0.1, 0.15) is 24.6 Å². The number of rotatable bonds is 5. The molecule has 0 saturated heterocycles. The van der Waals surface area contributed by atoms with E-state index in [-0.39, 0.29) is 0 Å². The normalized spacial score (nSPS) is 11.3. The van der Waals surface area contributed by atoms with Crippen molar-refractivity contribution >= 4 is 10.9 Å². The minimum atomic E-state index is 0.565. The van der Waals surface area contributed by atoms with Crippen molar-refractivity contribution in [2.75, 3.05) is 0 Å². The molecule has 2 N–H and O–H groups in total. The van der Waals surface area contributed by atoms with Crippen LogP contribution in [0.5, 0.6) is 0 Å². The molecule has 104 valence electrons. The number of benzene rings is 1. The zero-order valence-corrected chi connectivity index (χ0v) is 11.8. The zero-order chi connectivity index (χ0) is 13.9. The lowest BCUT2D eigenvalue weighted by atomic mass is 10.1. The van der Waals surface area contributed by atoms with Gasteiger partial charge in [-0.3, -0.25) is 0 Å². The lowest BCUT2D eigenvalue weighted by Gasteiger charge is -2.11. The van der Waals surface area contributed by atoms with Crippen LogP contribution in [0.2, 0.25) is 0 Å². The fourth-order valence-electron chi connectivity index (χ4n) is 2.73. The number of aryl methyl sites for hydroxylation is 1. The minimum Gasteiger partial charge on any atom is -0.341 e. The fourth-order valence-corrected chi connectivity index (χ4v) is 2.73. The summed E-state index contributed by atoms with van der Waals surface area (Å²) in [5, 5.41) is 1.24. The molecule has 0 fully saturated rings. The van der Waals surface area contributed by atoms with E-state index < -0.39 is 0 Å². The van der Waals surface area contributed by atoms with Gasteiger partial charge in [-0.05, 0) is 23.4 Å². The lowest BCUT2D eigenvalue weighted by Crippen LogP contribution is -2.08. The van der Waals surface area contributed by atoms with Crippen LogP contribution in [0.25, 0.3) is 10.9 Å². The summed E-state index contributed by atoms with van der Waals surface area (Å²) in [5.74, 6) is 0. The van der Waals surface area contributed by atoms with Gasteiger partial charge in [0.2, 0.25) is 0 Å². The summed E-state index contributed by atoms with van der Waals surface area (Å²) in [6, 6.07) is 8.45. The average molecular weight is 268 g/mol. The maximum atomic E-state index is 5.86. The molecule has 1 aromatic carbocycles. The smallest absolute Gasteiger partial charge is 0.0948 e. The Morgan fingerprint density at radius 2 is 2.10 bits per heavy atom. The van der Waals surface area contributed by atoms with Crippen LogP contribution < -0.4 is 5.73 Å². The molecular formula is C16H20N4. The van der Waals surface area contributed by atoms with E-state index in [4.69, 9.17) is 5.73 Å². The highest BCUT2D eigenvalue weighted by Gasteiger charge is 2.08. The van der Waals surface area contributed by atoms with Crippen molar-refractivity contribution < 1.29 is 0 Å². The maximum absolute atomic E-state index is 5.86. The van der Waals surface area contributed by atoms with Crippen LogP contribution in [0.3, 0.4) is 0 Å². The van der Waals surface area contributed by atoms with E-state index in [0.717, 1.165) is 19.5 Å². The van der Waals surface area contributed by atoms with Crippen LogP contribution in [0.4, 0.5) is 0 Å². The molecule has 3 rings (SSSR count). The van der Waals surface area contributed by atoms with Crippen molar-refractivity contribution in [1.82, 2.24) is 14.1 Å². The largest absolute Gasteiger partial charge is 0.341 e. The third kappa shape index (κ3) is 2.23. The number of hydrogen-bond donors (Lipinski definition) is 1. The van der Waals surface area contributed by atoms with Gasteiger partial charge in [-0.2, -0.15) is 0 Å². The second-order valence-electron chi connectivity index (χ2n) is 5.08. The van der Waals surface area contributed by atoms with Gasteiger partial charge in [0.05, 0.1) is 24.1 Å². The minimum absolute atomic E-state index is 0.565. The van der Waals surface area contributed by atoms with Crippen LogP contribution >= 0.6 is 0 Å². The first-order valence-electron chi connectivity index (χ1n) is 7.09. The van der Waals surface area contributed by atoms with Crippen LogP contribution in [0.15, 0.2) is 43.0 Å². The van der Waals surface area contributed by atoms with Gasteiger partial charge in [0.1, 0.15) is 0 Å². The van der Waals surface area contributed by atoms with Gasteiger partial charge in [-0.15, -0.1) is 0 Å². The number of hydrogen-bond acceptors (Lipinski definition) is 2. The highest BCUT2D eigenvalue weighted by molar-refractivity contribution is 5.83. The van der Waals surface area contributed by atoms with Gasteiger partial charge in [-0.1, -0.05) is 25.1 Å². The highest BCUT2D eigenvalue weighted by atomic mass is 15.1. The van der Waals surface area contributed by atoms with Crippen LogP contribution in [0, 0.1) is 0 Å². The second kappa shape index (κ2) is 5.51. The topological polar surface area (TPSA) is 48.8 Å². The van der Waals surface area contributed by atoms with E-state index in [1.807, 2.05) is 12.5 Å². The van der Waals surface area contributed by atoms with Crippen molar-refractivity contribution in [3.8, 4) is 0 Å². The molecule has 0 aliphatic rings. The Hall–Kier alpha value is -2.07. The van der Waals surface area contributed by atoms with E-state index in [1.54, 1.807) is 0 Å². The van der Waals surface area contributed by atoms with Crippen molar-refractivity contribution in [2.24, 2.45) is 5.73 Å². The predicted molar refractivity (Wildman–Crippen MR) is 81.4 cm³/mol. The third-order valence-electron chi connectivity index (χ3n) is 3.69. The molecule has 20 heavy (non-hydrogen) atoms. The molecule has 0 unspecified atom stereocenters. The summed E-state index contributed by atoms with van der Waals surface area (Å²) in [4.78, 5) is 4.27. The van der Waals surface area contributed by atoms with Gasteiger partial charge in [0, 0.05) is 25.5 Å². The molecule has 0 atom stereocenters. The van der Waals surface area contributed by atoms with Gasteiger partial charge in [0.25, 0.3) is 0 Å². The number of nitrogens with two attached hydrogens (primary N) is 1. The summed E-state index contributed by atoms with van der Waals surface area (Å²) < 4.78 is 4.48. The number of aromatic nitrogens is 3. The Balaban J connectivity index is 2.00. The molecule has 3 aromatic rings. The molecule has 0 bridgehead atoms. The molecule has 0 saturated carbocycles. The summed E-state index contributed by atoms with van der Waals surface area (Å²) in [6.45, 7) is 4.59. The average Bonchev–Trinajstić information content (AvgIpc) is 3.07. The number of nitrogens with zero attached hydrogens (tertiary/aromatic N) is 3. The molecular weight excluding hydrogens is 248 g/mol. The number of imidazole rings is 1. The molecule has 2 aromatic heterocycles. The molecule has 0 spiro atoms. The molecule has 0 radical (unpaired) electrons. The first kappa shape index (κ1) is 12.9. The summed E-state index contributed by atoms with van der Waals surface area (Å²) >= 11 is 0. The van der Waals surface area contributed by atoms with Gasteiger partial charge in [0.15, 0.2) is 0 Å². The number of fused-ring (bicyclic) bond motifs is 1. The first-order valence-corrected chi connectivity index (χ1v) is 7.09. The molecule has 0 aliphatic heterocycles. The molecule has 4 heteroatoms. The molecule has 0 amide bonds. The van der Waals surface area contributed by atoms with Crippen LogP contribution in [-0.2, 0) is 19.6 Å². The van der Waals surface area contributed by atoms with E-state index >= 15 is 0 Å². The Kier molecular flexibility index (Phi) is 3.56. The highest BCUT2D eigenvalue weighted by Crippen LogP contribution is 2.21. The number of para-hydroxylation sites is 1. The van der Waals surface area contributed by atoms with Gasteiger partial charge >= 0.3 is 0 Å². The van der Waals surface area contributed by atoms with E-state index in [1.165, 1.54) is 22.2 Å². The Morgan fingerprint density at radius 1 is 1.20 bits per heavy atom.